The van der Waals surface area contributed by atoms with Crippen molar-refractivity contribution >= 4 is 5.91 Å². The highest BCUT2D eigenvalue weighted by Gasteiger charge is 2.27. The van der Waals surface area contributed by atoms with Crippen molar-refractivity contribution in [2.75, 3.05) is 13.1 Å². The Morgan fingerprint density at radius 2 is 2.37 bits per heavy atom. The minimum atomic E-state index is -0.553. The van der Waals surface area contributed by atoms with Gasteiger partial charge >= 0.3 is 0 Å². The summed E-state index contributed by atoms with van der Waals surface area (Å²) in [4.78, 5) is 17.4. The van der Waals surface area contributed by atoms with Gasteiger partial charge in [0.15, 0.2) is 0 Å². The monoisotopic (exact) mass is 266 g/mol. The first-order chi connectivity index (χ1) is 9.04. The van der Waals surface area contributed by atoms with Crippen molar-refractivity contribution < 1.29 is 13.9 Å². The predicted molar refractivity (Wildman–Crippen MR) is 69.3 cm³/mol. The quantitative estimate of drug-likeness (QED) is 0.785. The van der Waals surface area contributed by atoms with E-state index in [1.807, 2.05) is 18.7 Å². The molecule has 0 N–H and O–H groups in total. The highest BCUT2D eigenvalue weighted by atomic mass is 19.1. The van der Waals surface area contributed by atoms with E-state index in [0.29, 0.717) is 25.4 Å². The second-order valence-corrected chi connectivity index (χ2v) is 5.26. The molecular weight excluding hydrogens is 247 g/mol. The van der Waals surface area contributed by atoms with Crippen molar-refractivity contribution in [1.29, 1.82) is 0 Å². The number of amides is 1. The number of ether oxygens (including phenoxy) is 1. The Balaban J connectivity index is 1.87. The molecule has 1 aliphatic heterocycles. The van der Waals surface area contributed by atoms with Crippen LogP contribution in [0.15, 0.2) is 18.2 Å². The smallest absolute Gasteiger partial charge is 0.222 e. The molecule has 0 aliphatic carbocycles. The molecule has 2 rings (SSSR count). The van der Waals surface area contributed by atoms with Crippen LogP contribution in [0.3, 0.4) is 0 Å². The van der Waals surface area contributed by atoms with Crippen LogP contribution < -0.4 is 4.74 Å². The van der Waals surface area contributed by atoms with Crippen LogP contribution >= 0.6 is 0 Å². The van der Waals surface area contributed by atoms with Crippen LogP contribution in [-0.4, -0.2) is 35.0 Å². The van der Waals surface area contributed by atoms with Gasteiger partial charge in [0, 0.05) is 25.5 Å². The predicted octanol–water partition coefficient (Wildman–Crippen LogP) is 2.25. The molecule has 1 amide bonds. The van der Waals surface area contributed by atoms with Gasteiger partial charge in [-0.3, -0.25) is 4.79 Å². The minimum absolute atomic E-state index is 0.0922. The maximum Gasteiger partial charge on any atom is 0.222 e. The van der Waals surface area contributed by atoms with E-state index in [0.717, 1.165) is 6.42 Å². The molecule has 4 nitrogen and oxygen atoms in total. The van der Waals surface area contributed by atoms with E-state index < -0.39 is 5.95 Å². The zero-order chi connectivity index (χ0) is 13.8. The van der Waals surface area contributed by atoms with Gasteiger partial charge in [0.25, 0.3) is 0 Å². The van der Waals surface area contributed by atoms with Gasteiger partial charge in [0.1, 0.15) is 6.10 Å². The zero-order valence-electron chi connectivity index (χ0n) is 11.3. The lowest BCUT2D eigenvalue weighted by Gasteiger charge is -2.18. The Bertz CT molecular complexity index is 451. The molecule has 1 saturated heterocycles. The third-order valence-electron chi connectivity index (χ3n) is 3.06. The number of carbonyl (C=O) groups is 1. The normalized spacial score (nSPS) is 18.9. The Hall–Kier alpha value is -1.65. The fourth-order valence-corrected chi connectivity index (χ4v) is 2.16. The van der Waals surface area contributed by atoms with Gasteiger partial charge in [0.2, 0.25) is 17.7 Å². The van der Waals surface area contributed by atoms with E-state index in [2.05, 4.69) is 4.98 Å². The van der Waals surface area contributed by atoms with E-state index in [4.69, 9.17) is 4.74 Å². The molecule has 0 aromatic carbocycles. The number of nitrogens with zero attached hydrogens (tertiary/aromatic N) is 2. The van der Waals surface area contributed by atoms with Gasteiger partial charge in [-0.25, -0.2) is 0 Å². The first-order valence-corrected chi connectivity index (χ1v) is 6.61. The summed E-state index contributed by atoms with van der Waals surface area (Å²) in [6, 6.07) is 4.47. The van der Waals surface area contributed by atoms with Gasteiger partial charge in [0.05, 0.1) is 6.54 Å². The second kappa shape index (κ2) is 5.99. The lowest BCUT2D eigenvalue weighted by atomic mass is 10.1. The molecule has 1 fully saturated rings. The number of hydrogen-bond acceptors (Lipinski definition) is 3. The van der Waals surface area contributed by atoms with E-state index >= 15 is 0 Å². The molecule has 0 spiro atoms. The summed E-state index contributed by atoms with van der Waals surface area (Å²) in [6.45, 7) is 5.31. The van der Waals surface area contributed by atoms with Crippen molar-refractivity contribution in [3.63, 3.8) is 0 Å². The molecule has 5 heteroatoms. The summed E-state index contributed by atoms with van der Waals surface area (Å²) in [5.74, 6) is 0.247. The summed E-state index contributed by atoms with van der Waals surface area (Å²) in [5, 5.41) is 0. The SMILES string of the molecule is CC(C)CC(=O)N1CCC(Oc2cccc(F)n2)C1. The maximum absolute atomic E-state index is 12.9. The molecule has 1 aliphatic rings. The summed E-state index contributed by atoms with van der Waals surface area (Å²) < 4.78 is 18.5. The number of hydrogen-bond donors (Lipinski definition) is 0. The average molecular weight is 266 g/mol. The van der Waals surface area contributed by atoms with E-state index in [-0.39, 0.29) is 17.9 Å². The van der Waals surface area contributed by atoms with Gasteiger partial charge < -0.3 is 9.64 Å². The first kappa shape index (κ1) is 13.8. The molecule has 0 radical (unpaired) electrons. The topological polar surface area (TPSA) is 42.4 Å². The molecule has 1 aromatic heterocycles. The Morgan fingerprint density at radius 3 is 3.05 bits per heavy atom. The maximum atomic E-state index is 12.9. The lowest BCUT2D eigenvalue weighted by Crippen LogP contribution is -2.31. The summed E-state index contributed by atoms with van der Waals surface area (Å²) in [7, 11) is 0. The zero-order valence-corrected chi connectivity index (χ0v) is 11.3. The number of rotatable bonds is 4. The van der Waals surface area contributed by atoms with Gasteiger partial charge in [-0.2, -0.15) is 9.37 Å². The fraction of sp³-hybridized carbons (Fsp3) is 0.571. The van der Waals surface area contributed by atoms with Crippen LogP contribution in [0.4, 0.5) is 4.39 Å². The molecule has 0 saturated carbocycles. The molecule has 1 unspecified atom stereocenters. The third-order valence-corrected chi connectivity index (χ3v) is 3.06. The largest absolute Gasteiger partial charge is 0.472 e. The molecule has 0 bridgehead atoms. The van der Waals surface area contributed by atoms with Gasteiger partial charge in [-0.15, -0.1) is 0 Å². The molecule has 1 atom stereocenters. The van der Waals surface area contributed by atoms with E-state index in [9.17, 15) is 9.18 Å². The highest BCUT2D eigenvalue weighted by Crippen LogP contribution is 2.18. The van der Waals surface area contributed by atoms with Crippen LogP contribution in [0.1, 0.15) is 26.7 Å². The van der Waals surface area contributed by atoms with Crippen LogP contribution in [0.25, 0.3) is 0 Å². The van der Waals surface area contributed by atoms with Crippen molar-refractivity contribution in [2.24, 2.45) is 5.92 Å². The van der Waals surface area contributed by atoms with Crippen LogP contribution in [-0.2, 0) is 4.79 Å². The van der Waals surface area contributed by atoms with Crippen molar-refractivity contribution in [1.82, 2.24) is 9.88 Å². The van der Waals surface area contributed by atoms with E-state index in [1.54, 1.807) is 12.1 Å². The summed E-state index contributed by atoms with van der Waals surface area (Å²) in [6.07, 6.45) is 1.23. The third kappa shape index (κ3) is 3.91. The molecule has 104 valence electrons. The molecular formula is C14H19FN2O2. The molecule has 1 aromatic rings. The second-order valence-electron chi connectivity index (χ2n) is 5.26. The van der Waals surface area contributed by atoms with Crippen LogP contribution in [0, 0.1) is 11.9 Å². The first-order valence-electron chi connectivity index (χ1n) is 6.61. The van der Waals surface area contributed by atoms with Gasteiger partial charge in [-0.1, -0.05) is 19.9 Å². The lowest BCUT2D eigenvalue weighted by molar-refractivity contribution is -0.131. The van der Waals surface area contributed by atoms with Crippen molar-refractivity contribution in [2.45, 2.75) is 32.8 Å². The Morgan fingerprint density at radius 1 is 1.58 bits per heavy atom. The molecule has 19 heavy (non-hydrogen) atoms. The number of carbonyl (C=O) groups excluding carboxylic acids is 1. The summed E-state index contributed by atoms with van der Waals surface area (Å²) >= 11 is 0. The Kier molecular flexibility index (Phi) is 4.35. The average Bonchev–Trinajstić information content (AvgIpc) is 2.76. The van der Waals surface area contributed by atoms with Crippen molar-refractivity contribution in [3.8, 4) is 5.88 Å². The number of aromatic nitrogens is 1. The fourth-order valence-electron chi connectivity index (χ4n) is 2.16. The minimum Gasteiger partial charge on any atom is -0.472 e. The highest BCUT2D eigenvalue weighted by molar-refractivity contribution is 5.76. The molecule has 2 heterocycles. The standard InChI is InChI=1S/C14H19FN2O2/c1-10(2)8-14(18)17-7-6-11(9-17)19-13-5-3-4-12(15)16-13/h3-5,10-11H,6-9H2,1-2H3. The van der Waals surface area contributed by atoms with Crippen LogP contribution in [0.5, 0.6) is 5.88 Å². The Labute approximate surface area is 112 Å². The number of halogens is 1. The van der Waals surface area contributed by atoms with Gasteiger partial charge in [-0.05, 0) is 12.0 Å². The van der Waals surface area contributed by atoms with E-state index in [1.165, 1.54) is 6.07 Å². The number of likely N-dealkylation sites (tertiary alicyclic amines) is 1. The van der Waals surface area contributed by atoms with Crippen molar-refractivity contribution in [3.05, 3.63) is 24.1 Å². The summed E-state index contributed by atoms with van der Waals surface area (Å²) in [5.41, 5.74) is 0. The van der Waals surface area contributed by atoms with Crippen LogP contribution in [0.2, 0.25) is 0 Å². The number of pyridine rings is 1.